The molecule has 0 radical (unpaired) electrons. The number of nitrogens with one attached hydrogen (secondary N) is 2. The number of hydrazone groups is 1. The van der Waals surface area contributed by atoms with Crippen LogP contribution < -0.4 is 15.5 Å². The number of benzene rings is 2. The highest BCUT2D eigenvalue weighted by Crippen LogP contribution is 2.22. The summed E-state index contributed by atoms with van der Waals surface area (Å²) in [5.74, 6) is -0.262. The van der Waals surface area contributed by atoms with Gasteiger partial charge in [-0.15, -0.1) is 0 Å². The highest BCUT2D eigenvalue weighted by Gasteiger charge is 2.09. The third kappa shape index (κ3) is 5.72. The molecule has 2 rings (SSSR count). The Morgan fingerprint density at radius 1 is 1.19 bits per heavy atom. The van der Waals surface area contributed by atoms with Gasteiger partial charge in [0.1, 0.15) is 5.75 Å². The number of hydrogen-bond donors (Lipinski definition) is 2. The first-order valence-electron chi connectivity index (χ1n) is 7.29. The zero-order valence-electron chi connectivity index (χ0n) is 13.6. The number of methoxy groups -OCH3 is 1. The molecule has 0 aliphatic rings. The van der Waals surface area contributed by atoms with Crippen LogP contribution in [-0.2, 0) is 4.79 Å². The second-order valence-corrected chi connectivity index (χ2v) is 6.66. The summed E-state index contributed by atoms with van der Waals surface area (Å²) in [6.07, 6.45) is 1.46. The van der Waals surface area contributed by atoms with E-state index in [0.717, 1.165) is 10.0 Å². The fraction of sp³-hybridized carbons (Fsp3) is 0.118. The van der Waals surface area contributed by atoms with Crippen molar-refractivity contribution in [3.05, 3.63) is 62.0 Å². The van der Waals surface area contributed by atoms with Gasteiger partial charge in [-0.1, -0.05) is 39.1 Å². The molecule has 6 nitrogen and oxygen atoms in total. The quantitative estimate of drug-likeness (QED) is 0.512. The maximum absolute atomic E-state index is 12.0. The number of nitrogens with zero attached hydrogens (tertiary/aromatic N) is 1. The molecule has 0 aliphatic heterocycles. The molecule has 2 aromatic rings. The fourth-order valence-electron chi connectivity index (χ4n) is 1.86. The number of amides is 2. The van der Waals surface area contributed by atoms with E-state index in [1.54, 1.807) is 25.3 Å². The lowest BCUT2D eigenvalue weighted by molar-refractivity contribution is -0.120. The van der Waals surface area contributed by atoms with E-state index in [9.17, 15) is 9.59 Å². The van der Waals surface area contributed by atoms with Crippen LogP contribution in [0, 0.1) is 0 Å². The largest absolute Gasteiger partial charge is 0.497 e. The van der Waals surface area contributed by atoms with E-state index < -0.39 is 11.8 Å². The SMILES string of the molecule is COc1ccc(Br)c(/C=N\NC(=O)CNC(=O)c2ccc(Cl)c(Cl)c2)c1. The minimum Gasteiger partial charge on any atom is -0.497 e. The number of ether oxygens (including phenoxy) is 1. The number of halogens is 3. The van der Waals surface area contributed by atoms with Gasteiger partial charge in [-0.05, 0) is 36.4 Å². The first-order valence-corrected chi connectivity index (χ1v) is 8.84. The molecular weight excluding hydrogens is 445 g/mol. The van der Waals surface area contributed by atoms with E-state index in [1.165, 1.54) is 24.4 Å². The third-order valence-electron chi connectivity index (χ3n) is 3.19. The second kappa shape index (κ2) is 9.56. The maximum Gasteiger partial charge on any atom is 0.259 e. The Hall–Kier alpha value is -2.09. The van der Waals surface area contributed by atoms with Crippen molar-refractivity contribution in [3.63, 3.8) is 0 Å². The summed E-state index contributed by atoms with van der Waals surface area (Å²) in [5, 5.41) is 6.93. The van der Waals surface area contributed by atoms with Gasteiger partial charge in [0.2, 0.25) is 0 Å². The van der Waals surface area contributed by atoms with Gasteiger partial charge in [0.25, 0.3) is 11.8 Å². The van der Waals surface area contributed by atoms with E-state index >= 15 is 0 Å². The van der Waals surface area contributed by atoms with E-state index in [-0.39, 0.29) is 11.6 Å². The minimum atomic E-state index is -0.478. The molecule has 9 heteroatoms. The summed E-state index contributed by atoms with van der Waals surface area (Å²) in [4.78, 5) is 23.7. The summed E-state index contributed by atoms with van der Waals surface area (Å²) in [6.45, 7) is -0.240. The Balaban J connectivity index is 1.87. The predicted molar refractivity (Wildman–Crippen MR) is 105 cm³/mol. The fourth-order valence-corrected chi connectivity index (χ4v) is 2.51. The molecule has 0 atom stereocenters. The Morgan fingerprint density at radius 2 is 1.96 bits per heavy atom. The molecule has 2 N–H and O–H groups in total. The first-order chi connectivity index (χ1) is 12.4. The molecule has 2 amide bonds. The van der Waals surface area contributed by atoms with Crippen molar-refractivity contribution in [1.29, 1.82) is 0 Å². The monoisotopic (exact) mass is 457 g/mol. The van der Waals surface area contributed by atoms with Crippen LogP contribution in [0.15, 0.2) is 46.0 Å². The van der Waals surface area contributed by atoms with Crippen LogP contribution in [0.5, 0.6) is 5.75 Å². The highest BCUT2D eigenvalue weighted by molar-refractivity contribution is 9.10. The Labute approximate surface area is 168 Å². The maximum atomic E-state index is 12.0. The molecule has 0 bridgehead atoms. The zero-order chi connectivity index (χ0) is 19.1. The number of rotatable bonds is 6. The van der Waals surface area contributed by atoms with Crippen LogP contribution in [-0.4, -0.2) is 31.7 Å². The Bertz CT molecular complexity index is 859. The molecule has 0 heterocycles. The Morgan fingerprint density at radius 3 is 2.65 bits per heavy atom. The van der Waals surface area contributed by atoms with Crippen molar-refractivity contribution in [2.24, 2.45) is 5.10 Å². The van der Waals surface area contributed by atoms with Gasteiger partial charge in [0.15, 0.2) is 0 Å². The normalized spacial score (nSPS) is 10.6. The van der Waals surface area contributed by atoms with Crippen molar-refractivity contribution in [2.75, 3.05) is 13.7 Å². The molecule has 136 valence electrons. The summed E-state index contributed by atoms with van der Waals surface area (Å²) in [7, 11) is 1.56. The molecule has 0 fully saturated rings. The van der Waals surface area contributed by atoms with Gasteiger partial charge >= 0.3 is 0 Å². The molecule has 2 aromatic carbocycles. The molecule has 26 heavy (non-hydrogen) atoms. The minimum absolute atomic E-state index is 0.240. The van der Waals surface area contributed by atoms with E-state index in [4.69, 9.17) is 27.9 Å². The molecule has 0 saturated carbocycles. The van der Waals surface area contributed by atoms with Crippen LogP contribution in [0.4, 0.5) is 0 Å². The zero-order valence-corrected chi connectivity index (χ0v) is 16.7. The topological polar surface area (TPSA) is 79.8 Å². The second-order valence-electron chi connectivity index (χ2n) is 4.99. The first kappa shape index (κ1) is 20.2. The number of carbonyl (C=O) groups excluding carboxylic acids is 2. The van der Waals surface area contributed by atoms with Crippen molar-refractivity contribution in [1.82, 2.24) is 10.7 Å². The lowest BCUT2D eigenvalue weighted by Gasteiger charge is -2.06. The third-order valence-corrected chi connectivity index (χ3v) is 4.65. The predicted octanol–water partition coefficient (Wildman–Crippen LogP) is 3.64. The van der Waals surface area contributed by atoms with E-state index in [0.29, 0.717) is 16.3 Å². The lowest BCUT2D eigenvalue weighted by atomic mass is 10.2. The van der Waals surface area contributed by atoms with Crippen molar-refractivity contribution < 1.29 is 14.3 Å². The summed E-state index contributed by atoms with van der Waals surface area (Å²) in [5.41, 5.74) is 3.36. The molecule has 0 aromatic heterocycles. The summed E-state index contributed by atoms with van der Waals surface area (Å²) < 4.78 is 5.92. The van der Waals surface area contributed by atoms with Crippen molar-refractivity contribution in [3.8, 4) is 5.75 Å². The van der Waals surface area contributed by atoms with Gasteiger partial charge in [-0.2, -0.15) is 5.10 Å². The van der Waals surface area contributed by atoms with E-state index in [1.807, 2.05) is 0 Å². The van der Waals surface area contributed by atoms with Crippen LogP contribution in [0.25, 0.3) is 0 Å². The molecule has 0 saturated heterocycles. The number of hydrogen-bond acceptors (Lipinski definition) is 4. The van der Waals surface area contributed by atoms with Gasteiger partial charge in [-0.3, -0.25) is 9.59 Å². The van der Waals surface area contributed by atoms with Gasteiger partial charge in [-0.25, -0.2) is 5.43 Å². The number of carbonyl (C=O) groups is 2. The average molecular weight is 459 g/mol. The molecular formula is C17H14BrCl2N3O3. The van der Waals surface area contributed by atoms with Crippen LogP contribution in [0.1, 0.15) is 15.9 Å². The van der Waals surface area contributed by atoms with Crippen LogP contribution in [0.3, 0.4) is 0 Å². The van der Waals surface area contributed by atoms with Crippen LogP contribution in [0.2, 0.25) is 10.0 Å². The van der Waals surface area contributed by atoms with Gasteiger partial charge in [0.05, 0.1) is 29.9 Å². The highest BCUT2D eigenvalue weighted by atomic mass is 79.9. The smallest absolute Gasteiger partial charge is 0.259 e. The average Bonchev–Trinajstić information content (AvgIpc) is 2.63. The van der Waals surface area contributed by atoms with Crippen molar-refractivity contribution in [2.45, 2.75) is 0 Å². The molecule has 0 spiro atoms. The summed E-state index contributed by atoms with van der Waals surface area (Å²) >= 11 is 15.0. The van der Waals surface area contributed by atoms with Gasteiger partial charge in [0, 0.05) is 15.6 Å². The Kier molecular flexibility index (Phi) is 7.44. The van der Waals surface area contributed by atoms with Crippen LogP contribution >= 0.6 is 39.1 Å². The van der Waals surface area contributed by atoms with E-state index in [2.05, 4.69) is 31.8 Å². The standard InChI is InChI=1S/C17H14BrCl2N3O3/c1-26-12-3-4-13(18)11(6-12)8-22-23-16(24)9-21-17(25)10-2-5-14(19)15(20)7-10/h2-8H,9H2,1H3,(H,21,25)(H,23,24)/b22-8-. The lowest BCUT2D eigenvalue weighted by Crippen LogP contribution is -2.34. The molecule has 0 aliphatic carbocycles. The van der Waals surface area contributed by atoms with Gasteiger partial charge < -0.3 is 10.1 Å². The molecule has 0 unspecified atom stereocenters. The summed E-state index contributed by atoms with van der Waals surface area (Å²) in [6, 6.07) is 9.80. The van der Waals surface area contributed by atoms with Crippen molar-refractivity contribution >= 4 is 57.2 Å².